The minimum atomic E-state index is -5.87. The van der Waals surface area contributed by atoms with E-state index < -0.39 is 21.4 Å². The predicted octanol–water partition coefficient (Wildman–Crippen LogP) is 15.4. The Hall–Kier alpha value is -8.47. The summed E-state index contributed by atoms with van der Waals surface area (Å²) >= 11 is 0. The van der Waals surface area contributed by atoms with Crippen LogP contribution in [0, 0.1) is 6.92 Å². The Morgan fingerprint density at radius 1 is 0.362 bits per heavy atom. The summed E-state index contributed by atoms with van der Waals surface area (Å²) in [4.78, 5) is 14.5. The highest BCUT2D eigenvalue weighted by Crippen LogP contribution is 2.43. The first-order chi connectivity index (χ1) is 33.5. The van der Waals surface area contributed by atoms with Crippen molar-refractivity contribution in [2.45, 2.75) is 12.4 Å². The first-order valence-electron chi connectivity index (χ1n) is 22.0. The van der Waals surface area contributed by atoms with Crippen LogP contribution >= 0.6 is 0 Å². The van der Waals surface area contributed by atoms with E-state index in [-0.39, 0.29) is 5.56 Å². The standard InChI is InChI=1S/C59H40F3N3O3S/c1-39-24-25-42(35-58(39)68-69(66,67)59(60,61)62)57-31-28-45(38-65-57)51-20-10-13-23-54(51)48-33-46(52-21-11-8-18-49(52)43-26-29-55(63-36-43)40-14-4-2-5-15-40)32-47(34-48)53-22-12-9-19-50(53)44-27-30-56(64-37-44)41-16-6-3-7-17-41/h2-38H,1H3. The second kappa shape index (κ2) is 18.7. The molecule has 0 aliphatic heterocycles. The average molecular weight is 928 g/mol. The molecular formula is C59H40F3N3O3S. The van der Waals surface area contributed by atoms with Crippen LogP contribution in [0.25, 0.3) is 101 Å². The Balaban J connectivity index is 1.08. The van der Waals surface area contributed by atoms with E-state index in [9.17, 15) is 21.6 Å². The second-order valence-corrected chi connectivity index (χ2v) is 18.0. The molecule has 0 spiro atoms. The number of alkyl halides is 3. The summed E-state index contributed by atoms with van der Waals surface area (Å²) < 4.78 is 68.0. The smallest absolute Gasteiger partial charge is 0.376 e. The Labute approximate surface area is 398 Å². The number of nitrogens with zero attached hydrogens (tertiary/aromatic N) is 3. The second-order valence-electron chi connectivity index (χ2n) is 16.4. The highest BCUT2D eigenvalue weighted by atomic mass is 32.2. The van der Waals surface area contributed by atoms with Crippen LogP contribution in [0.2, 0.25) is 0 Å². The van der Waals surface area contributed by atoms with Crippen LogP contribution in [0.1, 0.15) is 5.56 Å². The molecule has 0 aliphatic carbocycles. The first-order valence-corrected chi connectivity index (χ1v) is 23.5. The van der Waals surface area contributed by atoms with Crippen molar-refractivity contribution < 1.29 is 25.8 Å². The molecule has 10 aromatic rings. The van der Waals surface area contributed by atoms with Gasteiger partial charge in [0.05, 0.1) is 17.1 Å². The maximum atomic E-state index is 13.2. The van der Waals surface area contributed by atoms with E-state index in [0.29, 0.717) is 11.3 Å². The van der Waals surface area contributed by atoms with Crippen LogP contribution in [0.3, 0.4) is 0 Å². The van der Waals surface area contributed by atoms with Crippen molar-refractivity contribution in [3.8, 4) is 106 Å². The number of benzene rings is 7. The van der Waals surface area contributed by atoms with Crippen LogP contribution in [-0.2, 0) is 10.1 Å². The zero-order valence-electron chi connectivity index (χ0n) is 37.0. The third-order valence-electron chi connectivity index (χ3n) is 12.0. The maximum Gasteiger partial charge on any atom is 0.534 e. The Bertz CT molecular complexity index is 3420. The molecule has 336 valence electrons. The van der Waals surface area contributed by atoms with Gasteiger partial charge in [-0.05, 0) is 105 Å². The van der Waals surface area contributed by atoms with Crippen molar-refractivity contribution in [1.29, 1.82) is 0 Å². The molecule has 0 unspecified atom stereocenters. The van der Waals surface area contributed by atoms with Crippen LogP contribution in [0.15, 0.2) is 225 Å². The molecule has 0 amide bonds. The molecule has 0 atom stereocenters. The van der Waals surface area contributed by atoms with Crippen LogP contribution in [0.5, 0.6) is 5.75 Å². The van der Waals surface area contributed by atoms with Gasteiger partial charge >= 0.3 is 15.6 Å². The van der Waals surface area contributed by atoms with Gasteiger partial charge in [0.25, 0.3) is 0 Å². The molecule has 0 bridgehead atoms. The molecule has 10 heteroatoms. The van der Waals surface area contributed by atoms with E-state index in [1.165, 1.54) is 19.1 Å². The van der Waals surface area contributed by atoms with E-state index in [1.54, 1.807) is 18.3 Å². The van der Waals surface area contributed by atoms with Gasteiger partial charge < -0.3 is 4.18 Å². The number of pyridine rings is 3. The number of aromatic nitrogens is 3. The van der Waals surface area contributed by atoms with Gasteiger partial charge in [0, 0.05) is 52.0 Å². The first kappa shape index (κ1) is 44.4. The molecule has 0 N–H and O–H groups in total. The molecule has 0 saturated carbocycles. The maximum absolute atomic E-state index is 13.2. The molecule has 10 rings (SSSR count). The molecular weight excluding hydrogens is 888 g/mol. The average Bonchev–Trinajstić information content (AvgIpc) is 3.39. The summed E-state index contributed by atoms with van der Waals surface area (Å²) in [6.45, 7) is 1.47. The fourth-order valence-corrected chi connectivity index (χ4v) is 8.97. The quantitative estimate of drug-likeness (QED) is 0.0949. The summed E-state index contributed by atoms with van der Waals surface area (Å²) in [5.41, 5.74) is 10.9. The zero-order valence-corrected chi connectivity index (χ0v) is 37.8. The molecule has 3 aromatic heterocycles. The SMILES string of the molecule is Cc1ccc(-c2ccc(-c3ccccc3-c3cc(-c4ccccc4-c4ccc(-c5ccccc5)nc4)cc(-c4ccccc4-c4ccc(-c5ccccc5)nc4)c3)cn2)cc1OS(=O)(=O)C(F)(F)F. The number of hydrogen-bond acceptors (Lipinski definition) is 6. The predicted molar refractivity (Wildman–Crippen MR) is 269 cm³/mol. The minimum Gasteiger partial charge on any atom is -0.376 e. The Morgan fingerprint density at radius 3 is 1.01 bits per heavy atom. The van der Waals surface area contributed by atoms with Crippen molar-refractivity contribution in [3.63, 3.8) is 0 Å². The molecule has 0 radical (unpaired) electrons. The lowest BCUT2D eigenvalue weighted by molar-refractivity contribution is -0.0500. The Kier molecular flexibility index (Phi) is 12.0. The highest BCUT2D eigenvalue weighted by molar-refractivity contribution is 7.88. The van der Waals surface area contributed by atoms with Gasteiger partial charge in [-0.15, -0.1) is 0 Å². The van der Waals surface area contributed by atoms with E-state index in [0.717, 1.165) is 89.3 Å². The monoisotopic (exact) mass is 927 g/mol. The summed E-state index contributed by atoms with van der Waals surface area (Å²) in [7, 11) is -5.87. The topological polar surface area (TPSA) is 82.0 Å². The van der Waals surface area contributed by atoms with Gasteiger partial charge in [0.15, 0.2) is 0 Å². The van der Waals surface area contributed by atoms with Gasteiger partial charge in [0.1, 0.15) is 5.75 Å². The summed E-state index contributed by atoms with van der Waals surface area (Å²) in [5.74, 6) is -0.430. The lowest BCUT2D eigenvalue weighted by Gasteiger charge is -2.18. The fraction of sp³-hybridized carbons (Fsp3) is 0.0339. The third-order valence-corrected chi connectivity index (χ3v) is 12.9. The number of hydrogen-bond donors (Lipinski definition) is 0. The zero-order chi connectivity index (χ0) is 47.5. The molecule has 6 nitrogen and oxygen atoms in total. The minimum absolute atomic E-state index is 0.222. The largest absolute Gasteiger partial charge is 0.534 e. The van der Waals surface area contributed by atoms with E-state index in [1.807, 2.05) is 122 Å². The lowest BCUT2D eigenvalue weighted by atomic mass is 9.86. The number of aryl methyl sites for hydroxylation is 1. The molecule has 69 heavy (non-hydrogen) atoms. The summed E-state index contributed by atoms with van der Waals surface area (Å²) in [6, 6.07) is 68.0. The Morgan fingerprint density at radius 2 is 0.681 bits per heavy atom. The highest BCUT2D eigenvalue weighted by Gasteiger charge is 2.48. The van der Waals surface area contributed by atoms with E-state index >= 15 is 0 Å². The van der Waals surface area contributed by atoms with Gasteiger partial charge in [-0.25, -0.2) is 0 Å². The van der Waals surface area contributed by atoms with Gasteiger partial charge in [-0.2, -0.15) is 21.6 Å². The molecule has 3 heterocycles. The van der Waals surface area contributed by atoms with Crippen molar-refractivity contribution in [2.24, 2.45) is 0 Å². The number of rotatable bonds is 11. The van der Waals surface area contributed by atoms with Crippen molar-refractivity contribution >= 4 is 10.1 Å². The van der Waals surface area contributed by atoms with E-state index in [2.05, 4.69) is 77.0 Å². The third kappa shape index (κ3) is 9.30. The van der Waals surface area contributed by atoms with Gasteiger partial charge in [-0.3, -0.25) is 15.0 Å². The van der Waals surface area contributed by atoms with Crippen LogP contribution in [-0.4, -0.2) is 28.9 Å². The van der Waals surface area contributed by atoms with Crippen LogP contribution in [0.4, 0.5) is 13.2 Å². The molecule has 0 saturated heterocycles. The van der Waals surface area contributed by atoms with Crippen LogP contribution < -0.4 is 4.18 Å². The fourth-order valence-electron chi connectivity index (χ4n) is 8.46. The molecule has 0 aliphatic rings. The number of halogens is 3. The lowest BCUT2D eigenvalue weighted by Crippen LogP contribution is -2.28. The van der Waals surface area contributed by atoms with Crippen molar-refractivity contribution in [1.82, 2.24) is 15.0 Å². The van der Waals surface area contributed by atoms with Crippen molar-refractivity contribution in [3.05, 3.63) is 230 Å². The molecule has 0 fully saturated rings. The molecule has 7 aromatic carbocycles. The van der Waals surface area contributed by atoms with Crippen molar-refractivity contribution in [2.75, 3.05) is 0 Å². The van der Waals surface area contributed by atoms with Gasteiger partial charge in [0.2, 0.25) is 0 Å². The normalized spacial score (nSPS) is 11.6. The van der Waals surface area contributed by atoms with Gasteiger partial charge in [-0.1, -0.05) is 164 Å². The summed E-state index contributed by atoms with van der Waals surface area (Å²) in [6.07, 6.45) is 5.55. The van der Waals surface area contributed by atoms with E-state index in [4.69, 9.17) is 15.0 Å². The summed E-state index contributed by atoms with van der Waals surface area (Å²) in [5, 5.41) is 0.